The average Bonchev–Trinajstić information content (AvgIpc) is 3.27. The van der Waals surface area contributed by atoms with Gasteiger partial charge in [0.2, 0.25) is 11.0 Å². The van der Waals surface area contributed by atoms with Gasteiger partial charge in [-0.15, -0.1) is 11.3 Å². The Balaban J connectivity index is 1.74. The van der Waals surface area contributed by atoms with Gasteiger partial charge in [-0.1, -0.05) is 29.8 Å². The minimum Gasteiger partial charge on any atom is -0.466 e. The molecular formula is C20H22N4O3S. The lowest BCUT2D eigenvalue weighted by atomic mass is 10.1. The van der Waals surface area contributed by atoms with E-state index in [2.05, 4.69) is 15.4 Å². The van der Waals surface area contributed by atoms with Crippen LogP contribution in [-0.4, -0.2) is 33.2 Å². The molecule has 0 aliphatic carbocycles. The first-order chi connectivity index (χ1) is 13.5. The zero-order chi connectivity index (χ0) is 20.1. The Labute approximate surface area is 167 Å². The van der Waals surface area contributed by atoms with Crippen molar-refractivity contribution in [2.45, 2.75) is 33.6 Å². The molecule has 8 heteroatoms. The highest BCUT2D eigenvalue weighted by atomic mass is 32.1. The van der Waals surface area contributed by atoms with Crippen molar-refractivity contribution in [2.24, 2.45) is 0 Å². The van der Waals surface area contributed by atoms with Gasteiger partial charge in [0.25, 0.3) is 0 Å². The first kappa shape index (κ1) is 19.8. The average molecular weight is 398 g/mol. The first-order valence-electron chi connectivity index (χ1n) is 9.01. The summed E-state index contributed by atoms with van der Waals surface area (Å²) in [5, 5.41) is 9.86. The summed E-state index contributed by atoms with van der Waals surface area (Å²) in [6.07, 6.45) is 0.0944. The summed E-state index contributed by atoms with van der Waals surface area (Å²) in [6, 6.07) is 9.92. The second-order valence-corrected chi connectivity index (χ2v) is 7.15. The number of aromatic nitrogens is 3. The standard InChI is InChI=1S/C20H22N4O3S/c1-4-27-19(26)10-9-18(25)22-17-11-14(3)23-24(17)20-21-16(12-28-20)15-7-5-13(2)6-8-15/h5-8,11-12H,4,9-10H2,1-3H3,(H,22,25). The van der Waals surface area contributed by atoms with Gasteiger partial charge in [0.05, 0.1) is 24.4 Å². The Morgan fingerprint density at radius 3 is 2.64 bits per heavy atom. The molecule has 0 saturated heterocycles. The zero-order valence-corrected chi connectivity index (χ0v) is 16.9. The fourth-order valence-electron chi connectivity index (χ4n) is 2.61. The number of anilines is 1. The van der Waals surface area contributed by atoms with Gasteiger partial charge in [-0.2, -0.15) is 9.78 Å². The molecule has 0 saturated carbocycles. The van der Waals surface area contributed by atoms with Crippen LogP contribution in [0.25, 0.3) is 16.4 Å². The van der Waals surface area contributed by atoms with Crippen molar-refractivity contribution in [3.63, 3.8) is 0 Å². The van der Waals surface area contributed by atoms with Gasteiger partial charge < -0.3 is 10.1 Å². The molecule has 0 spiro atoms. The summed E-state index contributed by atoms with van der Waals surface area (Å²) in [6.45, 7) is 5.93. The van der Waals surface area contributed by atoms with E-state index in [1.165, 1.54) is 16.9 Å². The number of esters is 1. The maximum absolute atomic E-state index is 12.2. The highest BCUT2D eigenvalue weighted by molar-refractivity contribution is 7.12. The van der Waals surface area contributed by atoms with Crippen LogP contribution in [0.15, 0.2) is 35.7 Å². The molecule has 3 rings (SSSR count). The van der Waals surface area contributed by atoms with Crippen molar-refractivity contribution in [1.29, 1.82) is 0 Å². The molecule has 0 radical (unpaired) electrons. The topological polar surface area (TPSA) is 86.1 Å². The van der Waals surface area contributed by atoms with Crippen LogP contribution in [0, 0.1) is 13.8 Å². The Kier molecular flexibility index (Phi) is 6.20. The molecule has 2 heterocycles. The van der Waals surface area contributed by atoms with E-state index in [4.69, 9.17) is 4.74 Å². The van der Waals surface area contributed by atoms with E-state index in [-0.39, 0.29) is 24.7 Å². The Bertz CT molecular complexity index is 976. The number of nitrogens with one attached hydrogen (secondary N) is 1. The molecule has 146 valence electrons. The number of carbonyl (C=O) groups is 2. The van der Waals surface area contributed by atoms with Crippen molar-refractivity contribution in [3.8, 4) is 16.4 Å². The number of rotatable bonds is 7. The first-order valence-corrected chi connectivity index (χ1v) is 9.89. The third-order valence-electron chi connectivity index (χ3n) is 3.98. The van der Waals surface area contributed by atoms with Gasteiger partial charge in [-0.3, -0.25) is 9.59 Å². The summed E-state index contributed by atoms with van der Waals surface area (Å²) >= 11 is 1.45. The van der Waals surface area contributed by atoms with Gasteiger partial charge in [0.15, 0.2) is 0 Å². The van der Waals surface area contributed by atoms with E-state index < -0.39 is 0 Å². The Hall–Kier alpha value is -3.00. The van der Waals surface area contributed by atoms with Gasteiger partial charge in [-0.05, 0) is 20.8 Å². The van der Waals surface area contributed by atoms with Crippen molar-refractivity contribution in [1.82, 2.24) is 14.8 Å². The number of nitrogens with zero attached hydrogens (tertiary/aromatic N) is 3. The number of hydrogen-bond acceptors (Lipinski definition) is 6. The summed E-state index contributed by atoms with van der Waals surface area (Å²) in [5.74, 6) is -0.134. The van der Waals surface area contributed by atoms with Crippen molar-refractivity contribution >= 4 is 29.0 Å². The lowest BCUT2D eigenvalue weighted by molar-refractivity contribution is -0.144. The van der Waals surface area contributed by atoms with Gasteiger partial charge in [0.1, 0.15) is 5.82 Å². The molecule has 0 aliphatic rings. The molecule has 0 unspecified atom stereocenters. The second-order valence-electron chi connectivity index (χ2n) is 6.32. The van der Waals surface area contributed by atoms with Crippen LogP contribution >= 0.6 is 11.3 Å². The molecule has 7 nitrogen and oxygen atoms in total. The summed E-state index contributed by atoms with van der Waals surface area (Å²) in [4.78, 5) is 28.3. The predicted octanol–water partition coefficient (Wildman–Crippen LogP) is 3.89. The Morgan fingerprint density at radius 2 is 1.93 bits per heavy atom. The van der Waals surface area contributed by atoms with Crippen molar-refractivity contribution in [2.75, 3.05) is 11.9 Å². The fourth-order valence-corrected chi connectivity index (χ4v) is 3.40. The van der Waals surface area contributed by atoms with E-state index in [0.29, 0.717) is 17.6 Å². The lowest BCUT2D eigenvalue weighted by Crippen LogP contribution is -2.16. The lowest BCUT2D eigenvalue weighted by Gasteiger charge is -2.06. The molecule has 1 aromatic carbocycles. The Morgan fingerprint density at radius 1 is 1.18 bits per heavy atom. The molecule has 28 heavy (non-hydrogen) atoms. The molecular weight excluding hydrogens is 376 g/mol. The largest absolute Gasteiger partial charge is 0.466 e. The maximum atomic E-state index is 12.2. The minimum atomic E-state index is -0.384. The third-order valence-corrected chi connectivity index (χ3v) is 4.80. The highest BCUT2D eigenvalue weighted by Crippen LogP contribution is 2.26. The number of carbonyl (C=O) groups excluding carboxylic acids is 2. The van der Waals surface area contributed by atoms with Crippen LogP contribution in [0.4, 0.5) is 5.82 Å². The highest BCUT2D eigenvalue weighted by Gasteiger charge is 2.15. The van der Waals surface area contributed by atoms with E-state index in [0.717, 1.165) is 17.0 Å². The molecule has 1 amide bonds. The minimum absolute atomic E-state index is 0.0433. The zero-order valence-electron chi connectivity index (χ0n) is 16.1. The molecule has 0 fully saturated rings. The second kappa shape index (κ2) is 8.79. The number of ether oxygens (including phenoxy) is 1. The quantitative estimate of drug-likeness (QED) is 0.610. The van der Waals surface area contributed by atoms with Crippen LogP contribution < -0.4 is 5.32 Å². The van der Waals surface area contributed by atoms with Crippen molar-refractivity contribution in [3.05, 3.63) is 47.0 Å². The van der Waals surface area contributed by atoms with E-state index >= 15 is 0 Å². The molecule has 2 aromatic heterocycles. The number of amides is 1. The summed E-state index contributed by atoms with van der Waals surface area (Å²) < 4.78 is 6.46. The van der Waals surface area contributed by atoms with Gasteiger partial charge >= 0.3 is 5.97 Å². The summed E-state index contributed by atoms with van der Waals surface area (Å²) in [7, 11) is 0. The van der Waals surface area contributed by atoms with Crippen LogP contribution in [0.3, 0.4) is 0 Å². The molecule has 0 aliphatic heterocycles. The number of thiazole rings is 1. The van der Waals surface area contributed by atoms with Crippen LogP contribution in [0.2, 0.25) is 0 Å². The van der Waals surface area contributed by atoms with E-state index in [1.54, 1.807) is 17.7 Å². The predicted molar refractivity (Wildman–Crippen MR) is 109 cm³/mol. The summed E-state index contributed by atoms with van der Waals surface area (Å²) in [5.41, 5.74) is 3.83. The monoisotopic (exact) mass is 398 g/mol. The normalized spacial score (nSPS) is 10.7. The van der Waals surface area contributed by atoms with Crippen LogP contribution in [-0.2, 0) is 14.3 Å². The van der Waals surface area contributed by atoms with E-state index in [1.807, 2.05) is 43.5 Å². The molecule has 1 N–H and O–H groups in total. The van der Waals surface area contributed by atoms with Gasteiger partial charge in [-0.25, -0.2) is 4.98 Å². The molecule has 0 atom stereocenters. The SMILES string of the molecule is CCOC(=O)CCC(=O)Nc1cc(C)nn1-c1nc(-c2ccc(C)cc2)cs1. The molecule has 0 bridgehead atoms. The van der Waals surface area contributed by atoms with Crippen molar-refractivity contribution < 1.29 is 14.3 Å². The molecule has 3 aromatic rings. The number of aryl methyl sites for hydroxylation is 2. The third kappa shape index (κ3) is 4.83. The number of hydrogen-bond donors (Lipinski definition) is 1. The van der Waals surface area contributed by atoms with E-state index in [9.17, 15) is 9.59 Å². The maximum Gasteiger partial charge on any atom is 0.306 e. The smallest absolute Gasteiger partial charge is 0.306 e. The van der Waals surface area contributed by atoms with Gasteiger partial charge in [0, 0.05) is 23.4 Å². The van der Waals surface area contributed by atoms with Crippen LogP contribution in [0.5, 0.6) is 0 Å². The number of benzene rings is 1. The fraction of sp³-hybridized carbons (Fsp3) is 0.300. The van der Waals surface area contributed by atoms with Crippen LogP contribution in [0.1, 0.15) is 31.0 Å².